The molecule has 0 saturated carbocycles. The summed E-state index contributed by atoms with van der Waals surface area (Å²) >= 11 is 0. The van der Waals surface area contributed by atoms with Crippen LogP contribution in [0.25, 0.3) is 0 Å². The molecule has 3 heteroatoms. The molecule has 106 valence electrons. The van der Waals surface area contributed by atoms with Crippen molar-refractivity contribution in [3.8, 4) is 0 Å². The smallest absolute Gasteiger partial charge is 0.224 e. The summed E-state index contributed by atoms with van der Waals surface area (Å²) in [5.74, 6) is 0.116. The van der Waals surface area contributed by atoms with E-state index in [2.05, 4.69) is 36.6 Å². The topological polar surface area (TPSA) is 41.1 Å². The number of rotatable bonds is 9. The summed E-state index contributed by atoms with van der Waals surface area (Å²) in [5.41, 5.74) is 2.14. The lowest BCUT2D eigenvalue weighted by Crippen LogP contribution is -2.14. The van der Waals surface area contributed by atoms with E-state index < -0.39 is 0 Å². The van der Waals surface area contributed by atoms with Crippen molar-refractivity contribution in [2.45, 2.75) is 52.5 Å². The Morgan fingerprint density at radius 1 is 1.05 bits per heavy atom. The maximum atomic E-state index is 11.7. The molecule has 1 amide bonds. The van der Waals surface area contributed by atoms with Crippen molar-refractivity contribution in [2.75, 3.05) is 11.9 Å². The number of benzene rings is 1. The first-order valence-electron chi connectivity index (χ1n) is 7.35. The summed E-state index contributed by atoms with van der Waals surface area (Å²) in [6, 6.07) is 8.07. The van der Waals surface area contributed by atoms with Crippen LogP contribution in [0.4, 0.5) is 5.69 Å². The lowest BCUT2D eigenvalue weighted by Gasteiger charge is -2.07. The highest BCUT2D eigenvalue weighted by molar-refractivity contribution is 5.90. The zero-order valence-corrected chi connectivity index (χ0v) is 12.2. The van der Waals surface area contributed by atoms with Crippen molar-refractivity contribution in [3.63, 3.8) is 0 Å². The molecule has 0 aliphatic rings. The molecule has 0 aliphatic carbocycles. The highest BCUT2D eigenvalue weighted by Gasteiger charge is 2.01. The van der Waals surface area contributed by atoms with Gasteiger partial charge in [-0.3, -0.25) is 4.79 Å². The minimum atomic E-state index is 0.116. The fourth-order valence-corrected chi connectivity index (χ4v) is 1.87. The standard InChI is InChI=1S/C16H26N2O/c1-3-5-6-7-16(19)18-15-10-8-14(9-11-15)13-17-12-4-2/h8-11,17H,3-7,12-13H2,1-2H3,(H,18,19). The number of anilines is 1. The van der Waals surface area contributed by atoms with Gasteiger partial charge in [-0.05, 0) is 37.1 Å². The van der Waals surface area contributed by atoms with Crippen LogP contribution in [0.1, 0.15) is 51.5 Å². The number of carbonyl (C=O) groups excluding carboxylic acids is 1. The van der Waals surface area contributed by atoms with Crippen LogP contribution < -0.4 is 10.6 Å². The highest BCUT2D eigenvalue weighted by atomic mass is 16.1. The summed E-state index contributed by atoms with van der Waals surface area (Å²) in [6.45, 7) is 6.22. The van der Waals surface area contributed by atoms with Crippen LogP contribution in [0, 0.1) is 0 Å². The van der Waals surface area contributed by atoms with Crippen LogP contribution in [0.3, 0.4) is 0 Å². The molecule has 0 heterocycles. The average molecular weight is 262 g/mol. The monoisotopic (exact) mass is 262 g/mol. The lowest BCUT2D eigenvalue weighted by molar-refractivity contribution is -0.116. The van der Waals surface area contributed by atoms with Gasteiger partial charge in [0.1, 0.15) is 0 Å². The quantitative estimate of drug-likeness (QED) is 0.666. The summed E-state index contributed by atoms with van der Waals surface area (Å²) in [4.78, 5) is 11.7. The van der Waals surface area contributed by atoms with Gasteiger partial charge in [0.25, 0.3) is 0 Å². The first-order chi connectivity index (χ1) is 9.26. The van der Waals surface area contributed by atoms with Gasteiger partial charge >= 0.3 is 0 Å². The number of hydrogen-bond acceptors (Lipinski definition) is 2. The summed E-state index contributed by atoms with van der Waals surface area (Å²) in [5, 5.41) is 6.29. The minimum Gasteiger partial charge on any atom is -0.326 e. The predicted octanol–water partition coefficient (Wildman–Crippen LogP) is 3.71. The molecule has 0 atom stereocenters. The van der Waals surface area contributed by atoms with Gasteiger partial charge in [-0.1, -0.05) is 38.8 Å². The van der Waals surface area contributed by atoms with E-state index >= 15 is 0 Å². The zero-order valence-electron chi connectivity index (χ0n) is 12.2. The molecule has 0 aromatic heterocycles. The van der Waals surface area contributed by atoms with Crippen LogP contribution in [-0.4, -0.2) is 12.5 Å². The second-order valence-corrected chi connectivity index (χ2v) is 4.88. The van der Waals surface area contributed by atoms with Crippen LogP contribution in [-0.2, 0) is 11.3 Å². The van der Waals surface area contributed by atoms with Gasteiger partial charge in [-0.25, -0.2) is 0 Å². The molecule has 3 nitrogen and oxygen atoms in total. The van der Waals surface area contributed by atoms with Gasteiger partial charge in [0.05, 0.1) is 0 Å². The van der Waals surface area contributed by atoms with Gasteiger partial charge in [0.2, 0.25) is 5.91 Å². The van der Waals surface area contributed by atoms with Gasteiger partial charge < -0.3 is 10.6 Å². The molecule has 19 heavy (non-hydrogen) atoms. The second-order valence-electron chi connectivity index (χ2n) is 4.88. The maximum Gasteiger partial charge on any atom is 0.224 e. The third kappa shape index (κ3) is 6.97. The second kappa shape index (κ2) is 9.56. The van der Waals surface area contributed by atoms with Crippen molar-refractivity contribution in [1.82, 2.24) is 5.32 Å². The fourth-order valence-electron chi connectivity index (χ4n) is 1.87. The number of nitrogens with one attached hydrogen (secondary N) is 2. The molecule has 2 N–H and O–H groups in total. The van der Waals surface area contributed by atoms with Crippen molar-refractivity contribution in [2.24, 2.45) is 0 Å². The Kier molecular flexibility index (Phi) is 7.91. The normalized spacial score (nSPS) is 10.4. The summed E-state index contributed by atoms with van der Waals surface area (Å²) in [7, 11) is 0. The van der Waals surface area contributed by atoms with Gasteiger partial charge in [0, 0.05) is 18.7 Å². The number of amides is 1. The van der Waals surface area contributed by atoms with Gasteiger partial charge in [-0.2, -0.15) is 0 Å². The summed E-state index contributed by atoms with van der Waals surface area (Å²) < 4.78 is 0. The largest absolute Gasteiger partial charge is 0.326 e. The molecule has 0 saturated heterocycles. The summed E-state index contributed by atoms with van der Waals surface area (Å²) in [6.07, 6.45) is 5.00. The highest BCUT2D eigenvalue weighted by Crippen LogP contribution is 2.10. The van der Waals surface area contributed by atoms with Crippen LogP contribution in [0.5, 0.6) is 0 Å². The lowest BCUT2D eigenvalue weighted by atomic mass is 10.2. The molecule has 1 aromatic carbocycles. The Morgan fingerprint density at radius 2 is 1.79 bits per heavy atom. The molecular formula is C16H26N2O. The average Bonchev–Trinajstić information content (AvgIpc) is 2.41. The molecule has 0 bridgehead atoms. The first-order valence-corrected chi connectivity index (χ1v) is 7.35. The maximum absolute atomic E-state index is 11.7. The van der Waals surface area contributed by atoms with E-state index in [9.17, 15) is 4.79 Å². The van der Waals surface area contributed by atoms with Gasteiger partial charge in [-0.15, -0.1) is 0 Å². The van der Waals surface area contributed by atoms with E-state index in [4.69, 9.17) is 0 Å². The minimum absolute atomic E-state index is 0.116. The fraction of sp³-hybridized carbons (Fsp3) is 0.562. The molecule has 0 fully saturated rings. The van der Waals surface area contributed by atoms with E-state index in [0.29, 0.717) is 6.42 Å². The van der Waals surface area contributed by atoms with Crippen LogP contribution in [0.2, 0.25) is 0 Å². The van der Waals surface area contributed by atoms with Crippen molar-refractivity contribution in [1.29, 1.82) is 0 Å². The Bertz CT molecular complexity index is 360. The Morgan fingerprint density at radius 3 is 2.42 bits per heavy atom. The molecule has 1 rings (SSSR count). The van der Waals surface area contributed by atoms with E-state index in [1.807, 2.05) is 12.1 Å². The van der Waals surface area contributed by atoms with Crippen molar-refractivity contribution < 1.29 is 4.79 Å². The number of hydrogen-bond donors (Lipinski definition) is 2. The zero-order chi connectivity index (χ0) is 13.9. The number of carbonyl (C=O) groups is 1. The molecule has 0 radical (unpaired) electrons. The van der Waals surface area contributed by atoms with E-state index in [-0.39, 0.29) is 5.91 Å². The van der Waals surface area contributed by atoms with E-state index in [1.54, 1.807) is 0 Å². The Balaban J connectivity index is 2.32. The van der Waals surface area contributed by atoms with Crippen LogP contribution in [0.15, 0.2) is 24.3 Å². The van der Waals surface area contributed by atoms with E-state index in [0.717, 1.165) is 44.5 Å². The Hall–Kier alpha value is -1.35. The van der Waals surface area contributed by atoms with Crippen molar-refractivity contribution in [3.05, 3.63) is 29.8 Å². The SMILES string of the molecule is CCCCCC(=O)Nc1ccc(CNCCC)cc1. The molecule has 0 aliphatic heterocycles. The molecule has 0 unspecified atom stereocenters. The van der Waals surface area contributed by atoms with Gasteiger partial charge in [0.15, 0.2) is 0 Å². The number of unbranched alkanes of at least 4 members (excludes halogenated alkanes) is 2. The predicted molar refractivity (Wildman–Crippen MR) is 81.2 cm³/mol. The third-order valence-electron chi connectivity index (χ3n) is 3.00. The third-order valence-corrected chi connectivity index (χ3v) is 3.00. The first kappa shape index (κ1) is 15.7. The molecule has 1 aromatic rings. The van der Waals surface area contributed by atoms with Crippen LogP contribution >= 0.6 is 0 Å². The molecule has 0 spiro atoms. The van der Waals surface area contributed by atoms with Crippen molar-refractivity contribution >= 4 is 11.6 Å². The molecular weight excluding hydrogens is 236 g/mol. The Labute approximate surface area is 116 Å². The van der Waals surface area contributed by atoms with E-state index in [1.165, 1.54) is 5.56 Å².